The van der Waals surface area contributed by atoms with Crippen molar-refractivity contribution in [3.63, 3.8) is 0 Å². The van der Waals surface area contributed by atoms with Crippen molar-refractivity contribution in [1.29, 1.82) is 0 Å². The summed E-state index contributed by atoms with van der Waals surface area (Å²) < 4.78 is 0. The quantitative estimate of drug-likeness (QED) is 0.0996. The van der Waals surface area contributed by atoms with Crippen LogP contribution in [0.3, 0.4) is 0 Å². The molecule has 0 saturated carbocycles. The summed E-state index contributed by atoms with van der Waals surface area (Å²) in [5.74, 6) is 0. The second-order valence-electron chi connectivity index (χ2n) is 23.0. The van der Waals surface area contributed by atoms with E-state index in [1.165, 1.54) is 109 Å². The number of anilines is 6. The van der Waals surface area contributed by atoms with E-state index >= 15 is 0 Å². The Bertz CT molecular complexity index is 3050. The van der Waals surface area contributed by atoms with Crippen LogP contribution >= 0.6 is 0 Å². The lowest BCUT2D eigenvalue weighted by Crippen LogP contribution is -2.45. The highest BCUT2D eigenvalue weighted by molar-refractivity contribution is 6.92. The first-order valence-electron chi connectivity index (χ1n) is 23.9. The minimum atomic E-state index is -1.65. The molecule has 0 fully saturated rings. The first-order valence-corrected chi connectivity index (χ1v) is 37.9. The van der Waals surface area contributed by atoms with E-state index in [-0.39, 0.29) is 0 Å². The van der Waals surface area contributed by atoms with E-state index in [1.807, 2.05) is 0 Å². The molecule has 0 amide bonds. The number of nitrogens with zero attached hydrogens (tertiary/aromatic N) is 2. The highest BCUT2D eigenvalue weighted by Crippen LogP contribution is 2.43. The Kier molecular flexibility index (Phi) is 11.5. The molecule has 0 N–H and O–H groups in total. The van der Waals surface area contributed by atoms with Gasteiger partial charge in [-0.25, -0.2) is 0 Å². The van der Waals surface area contributed by atoms with Crippen LogP contribution in [0.5, 0.6) is 0 Å². The zero-order chi connectivity index (χ0) is 47.1. The fraction of sp³-hybridized carbons (Fsp3) is 0.233. The first kappa shape index (κ1) is 45.6. The van der Waals surface area contributed by atoms with E-state index in [0.29, 0.717) is 0 Å². The van der Waals surface area contributed by atoms with Gasteiger partial charge in [-0.1, -0.05) is 184 Å². The molecule has 0 aliphatic carbocycles. The maximum atomic E-state index is 2.55. The number of hydrogen-bond acceptors (Lipinski definition) is 2. The van der Waals surface area contributed by atoms with Gasteiger partial charge in [-0.2, -0.15) is 0 Å². The summed E-state index contributed by atoms with van der Waals surface area (Å²) >= 11 is 0. The molecule has 0 aliphatic rings. The third-order valence-electron chi connectivity index (χ3n) is 13.9. The van der Waals surface area contributed by atoms with Crippen LogP contribution in [0, 0.1) is 13.8 Å². The fourth-order valence-corrected chi connectivity index (χ4v) is 14.6. The van der Waals surface area contributed by atoms with E-state index in [4.69, 9.17) is 0 Å². The topological polar surface area (TPSA) is 6.48 Å². The molecule has 6 heteroatoms. The van der Waals surface area contributed by atoms with Crippen molar-refractivity contribution in [3.8, 4) is 0 Å². The van der Waals surface area contributed by atoms with Crippen LogP contribution in [0.1, 0.15) is 11.1 Å². The largest absolute Gasteiger partial charge is 0.310 e. The second-order valence-corrected chi connectivity index (χ2v) is 43.3. The van der Waals surface area contributed by atoms with Crippen LogP contribution in [0.4, 0.5) is 34.1 Å². The van der Waals surface area contributed by atoms with Crippen molar-refractivity contribution in [3.05, 3.63) is 169 Å². The Hall–Kier alpha value is -5.51. The molecule has 0 unspecified atom stereocenters. The van der Waals surface area contributed by atoms with E-state index < -0.39 is 32.3 Å². The Morgan fingerprint density at radius 1 is 0.258 bits per heavy atom. The van der Waals surface area contributed by atoms with Crippen LogP contribution in [-0.4, -0.2) is 32.3 Å². The third-order valence-corrected chi connectivity index (χ3v) is 22.0. The summed E-state index contributed by atoms with van der Waals surface area (Å²) in [6.45, 7) is 34.4. The molecule has 0 spiro atoms. The molecule has 0 aliphatic heterocycles. The predicted octanol–water partition coefficient (Wildman–Crippen LogP) is 16.0. The SMILES string of the molecule is Cc1c2ccc(N(c3cc([Si](C)(C)C)cc([Si](C)(C)C)c3)c3ccc4ccccc4c3)cc2c(C)c2ccc(N(c3cc([Si](C)(C)C)cc([Si](C)(C)C)c3)c3ccc4ccccc4c3)cc12. The van der Waals surface area contributed by atoms with E-state index in [2.05, 4.69) is 260 Å². The average molecular weight is 930 g/mol. The van der Waals surface area contributed by atoms with Crippen LogP contribution < -0.4 is 30.5 Å². The number of fused-ring (bicyclic) bond motifs is 4. The molecule has 0 radical (unpaired) electrons. The fourth-order valence-electron chi connectivity index (χ4n) is 9.65. The van der Waals surface area contributed by atoms with Crippen molar-refractivity contribution < 1.29 is 0 Å². The smallest absolute Gasteiger partial charge is 0.0776 e. The van der Waals surface area contributed by atoms with Crippen LogP contribution in [0.2, 0.25) is 78.6 Å². The Balaban J connectivity index is 1.25. The minimum Gasteiger partial charge on any atom is -0.310 e. The zero-order valence-electron chi connectivity index (χ0n) is 41.9. The lowest BCUT2D eigenvalue weighted by atomic mass is 9.92. The van der Waals surface area contributed by atoms with Crippen LogP contribution in [0.15, 0.2) is 158 Å². The summed E-state index contributed by atoms with van der Waals surface area (Å²) in [4.78, 5) is 5.07. The summed E-state index contributed by atoms with van der Waals surface area (Å²) in [5, 5.41) is 16.3. The molecule has 9 aromatic carbocycles. The number of aryl methyl sites for hydroxylation is 2. The molecule has 0 atom stereocenters. The van der Waals surface area contributed by atoms with Crippen molar-refractivity contribution in [1.82, 2.24) is 0 Å². The molecule has 9 rings (SSSR count). The molecule has 0 heterocycles. The van der Waals surface area contributed by atoms with Gasteiger partial charge in [0.1, 0.15) is 0 Å². The van der Waals surface area contributed by atoms with Gasteiger partial charge >= 0.3 is 0 Å². The normalized spacial score (nSPS) is 12.7. The lowest BCUT2D eigenvalue weighted by molar-refractivity contribution is 1.29. The van der Waals surface area contributed by atoms with Gasteiger partial charge in [0.25, 0.3) is 0 Å². The summed E-state index contributed by atoms with van der Waals surface area (Å²) in [6, 6.07) is 61.0. The van der Waals surface area contributed by atoms with Gasteiger partial charge in [-0.05, 0) is 141 Å². The van der Waals surface area contributed by atoms with Gasteiger partial charge in [0.2, 0.25) is 0 Å². The lowest BCUT2D eigenvalue weighted by Gasteiger charge is -2.31. The maximum absolute atomic E-state index is 2.55. The van der Waals surface area contributed by atoms with E-state index in [9.17, 15) is 0 Å². The summed E-state index contributed by atoms with van der Waals surface area (Å²) in [6.07, 6.45) is 0. The molecule has 0 bridgehead atoms. The number of hydrogen-bond donors (Lipinski definition) is 0. The molecule has 9 aromatic rings. The van der Waals surface area contributed by atoms with Gasteiger partial charge in [-0.3, -0.25) is 0 Å². The number of rotatable bonds is 10. The Morgan fingerprint density at radius 3 is 0.864 bits per heavy atom. The predicted molar refractivity (Wildman–Crippen MR) is 307 cm³/mol. The molecule has 0 aromatic heterocycles. The Labute approximate surface area is 399 Å². The highest BCUT2D eigenvalue weighted by Gasteiger charge is 2.28. The van der Waals surface area contributed by atoms with Gasteiger partial charge in [-0.15, -0.1) is 0 Å². The zero-order valence-corrected chi connectivity index (χ0v) is 45.9. The molecule has 0 saturated heterocycles. The Morgan fingerprint density at radius 2 is 0.545 bits per heavy atom. The number of benzene rings is 9. The van der Waals surface area contributed by atoms with Crippen LogP contribution in [-0.2, 0) is 0 Å². The van der Waals surface area contributed by atoms with Crippen molar-refractivity contribution in [2.45, 2.75) is 92.4 Å². The van der Waals surface area contributed by atoms with Gasteiger partial charge in [0.15, 0.2) is 0 Å². The summed E-state index contributed by atoms with van der Waals surface area (Å²) in [5.41, 5.74) is 9.89. The molecule has 334 valence electrons. The second kappa shape index (κ2) is 16.7. The average Bonchev–Trinajstić information content (AvgIpc) is 3.27. The van der Waals surface area contributed by atoms with Crippen LogP contribution in [0.25, 0.3) is 43.1 Å². The van der Waals surface area contributed by atoms with Crippen molar-refractivity contribution in [2.75, 3.05) is 9.80 Å². The van der Waals surface area contributed by atoms with E-state index in [0.717, 1.165) is 0 Å². The standard InChI is InChI=1S/C60H68N2Si4/c1-41-57-29-27-50(62(48-26-24-44-20-16-18-22-46(44)32-48)52-35-55(65(9,10)11)40-56(36-52)66(12,13)14)38-60(57)42(2)58-30-28-49(37-59(41)58)61(47-25-23-43-19-15-17-21-45(43)31-47)51-33-53(63(3,4)5)39-54(34-51)64(6,7)8/h15-40H,1-14H3. The summed E-state index contributed by atoms with van der Waals surface area (Å²) in [7, 11) is -6.61. The van der Waals surface area contributed by atoms with Crippen molar-refractivity contribution in [2.24, 2.45) is 0 Å². The molecule has 66 heavy (non-hydrogen) atoms. The minimum absolute atomic E-state index is 1.19. The van der Waals surface area contributed by atoms with E-state index in [1.54, 1.807) is 0 Å². The molecular weight excluding hydrogens is 861 g/mol. The first-order chi connectivity index (χ1) is 31.0. The monoisotopic (exact) mass is 928 g/mol. The molecule has 2 nitrogen and oxygen atoms in total. The highest BCUT2D eigenvalue weighted by atomic mass is 28.3. The van der Waals surface area contributed by atoms with Gasteiger partial charge in [0, 0.05) is 34.1 Å². The van der Waals surface area contributed by atoms with Gasteiger partial charge in [0.05, 0.1) is 32.3 Å². The maximum Gasteiger partial charge on any atom is 0.0776 e. The third kappa shape index (κ3) is 8.77. The molecular formula is C60H68N2Si4. The van der Waals surface area contributed by atoms with Crippen molar-refractivity contribution >= 4 is 130 Å². The van der Waals surface area contributed by atoms with Gasteiger partial charge < -0.3 is 9.80 Å².